The highest BCUT2D eigenvalue weighted by atomic mass is 32.2. The molecule has 62 valence electrons. The predicted octanol–water partition coefficient (Wildman–Crippen LogP) is 1.89. The lowest BCUT2D eigenvalue weighted by Gasteiger charge is -2.26. The van der Waals surface area contributed by atoms with Crippen molar-refractivity contribution in [3.05, 3.63) is 0 Å². The molecular weight excluding hydrogens is 144 g/mol. The standard InChI is InChI=1S/C7H18N2S/c1-6-9(8-5)10-7(2,3)4/h8H,6H2,1-5H3. The average Bonchev–Trinajstić information content (AvgIpc) is 1.81. The summed E-state index contributed by atoms with van der Waals surface area (Å²) >= 11 is 1.82. The van der Waals surface area contributed by atoms with Crippen molar-refractivity contribution in [2.75, 3.05) is 13.6 Å². The Hall–Kier alpha value is 0.270. The smallest absolute Gasteiger partial charge is 0.0235 e. The van der Waals surface area contributed by atoms with Gasteiger partial charge in [-0.15, -0.1) is 0 Å². The zero-order valence-electron chi connectivity index (χ0n) is 7.56. The van der Waals surface area contributed by atoms with Crippen molar-refractivity contribution in [2.24, 2.45) is 0 Å². The molecule has 0 rings (SSSR count). The maximum Gasteiger partial charge on any atom is 0.0235 e. The Balaban J connectivity index is 3.63. The molecule has 10 heavy (non-hydrogen) atoms. The summed E-state index contributed by atoms with van der Waals surface area (Å²) in [4.78, 5) is 0. The van der Waals surface area contributed by atoms with Crippen molar-refractivity contribution >= 4 is 11.9 Å². The number of hydrogen-bond acceptors (Lipinski definition) is 3. The molecule has 0 atom stereocenters. The van der Waals surface area contributed by atoms with Crippen LogP contribution in [0, 0.1) is 0 Å². The molecule has 0 amide bonds. The fourth-order valence-electron chi connectivity index (χ4n) is 0.599. The van der Waals surface area contributed by atoms with E-state index in [1.54, 1.807) is 0 Å². The maximum atomic E-state index is 3.10. The highest BCUT2D eigenvalue weighted by Crippen LogP contribution is 2.24. The van der Waals surface area contributed by atoms with E-state index in [9.17, 15) is 0 Å². The zero-order chi connectivity index (χ0) is 8.20. The quantitative estimate of drug-likeness (QED) is 0.504. The fourth-order valence-corrected chi connectivity index (χ4v) is 1.48. The highest BCUT2D eigenvalue weighted by molar-refractivity contribution is 7.98. The molecule has 2 nitrogen and oxygen atoms in total. The predicted molar refractivity (Wildman–Crippen MR) is 48.8 cm³/mol. The van der Waals surface area contributed by atoms with Crippen LogP contribution >= 0.6 is 11.9 Å². The lowest BCUT2D eigenvalue weighted by Crippen LogP contribution is -2.32. The molecule has 0 aliphatic rings. The van der Waals surface area contributed by atoms with Crippen molar-refractivity contribution < 1.29 is 0 Å². The van der Waals surface area contributed by atoms with Gasteiger partial charge in [0.2, 0.25) is 0 Å². The summed E-state index contributed by atoms with van der Waals surface area (Å²) in [6, 6.07) is 0. The van der Waals surface area contributed by atoms with Gasteiger partial charge in [0.25, 0.3) is 0 Å². The first kappa shape index (κ1) is 10.3. The summed E-state index contributed by atoms with van der Waals surface area (Å²) in [6.45, 7) is 9.78. The van der Waals surface area contributed by atoms with Crippen LogP contribution in [0.1, 0.15) is 27.7 Å². The van der Waals surface area contributed by atoms with E-state index in [-0.39, 0.29) is 0 Å². The van der Waals surface area contributed by atoms with Gasteiger partial charge in [0.15, 0.2) is 0 Å². The molecule has 0 aromatic heterocycles. The Bertz CT molecular complexity index is 84.1. The second-order valence-electron chi connectivity index (χ2n) is 3.12. The second-order valence-corrected chi connectivity index (χ2v) is 4.97. The number of nitrogens with zero attached hydrogens (tertiary/aromatic N) is 1. The summed E-state index contributed by atoms with van der Waals surface area (Å²) in [5.41, 5.74) is 3.10. The Morgan fingerprint density at radius 3 is 2.00 bits per heavy atom. The molecule has 1 N–H and O–H groups in total. The van der Waals surface area contributed by atoms with Crippen molar-refractivity contribution in [1.29, 1.82) is 0 Å². The van der Waals surface area contributed by atoms with Crippen LogP contribution in [0.25, 0.3) is 0 Å². The van der Waals surface area contributed by atoms with E-state index >= 15 is 0 Å². The molecule has 0 aliphatic heterocycles. The summed E-state index contributed by atoms with van der Waals surface area (Å²) in [5, 5.41) is 0. The molecule has 0 spiro atoms. The van der Waals surface area contributed by atoms with Crippen LogP contribution in [0.3, 0.4) is 0 Å². The molecular formula is C7H18N2S. The Morgan fingerprint density at radius 1 is 1.40 bits per heavy atom. The largest absolute Gasteiger partial charge is 0.248 e. The summed E-state index contributed by atoms with van der Waals surface area (Å²) in [6.07, 6.45) is 0. The first-order valence-corrected chi connectivity index (χ1v) is 4.41. The van der Waals surface area contributed by atoms with Crippen LogP contribution in [-0.4, -0.2) is 22.8 Å². The van der Waals surface area contributed by atoms with Gasteiger partial charge < -0.3 is 0 Å². The monoisotopic (exact) mass is 162 g/mol. The lowest BCUT2D eigenvalue weighted by atomic mass is 10.3. The average molecular weight is 162 g/mol. The van der Waals surface area contributed by atoms with Gasteiger partial charge in [-0.2, -0.15) is 4.41 Å². The van der Waals surface area contributed by atoms with Gasteiger partial charge in [0, 0.05) is 11.3 Å². The lowest BCUT2D eigenvalue weighted by molar-refractivity contribution is 0.401. The van der Waals surface area contributed by atoms with E-state index in [0.717, 1.165) is 6.54 Å². The highest BCUT2D eigenvalue weighted by Gasteiger charge is 2.14. The van der Waals surface area contributed by atoms with Crippen LogP contribution in [-0.2, 0) is 0 Å². The summed E-state index contributed by atoms with van der Waals surface area (Å²) in [5.74, 6) is 0. The van der Waals surface area contributed by atoms with Crippen LogP contribution in [0.15, 0.2) is 0 Å². The molecule has 0 fully saturated rings. The van der Waals surface area contributed by atoms with E-state index in [1.807, 2.05) is 19.0 Å². The molecule has 0 saturated carbocycles. The third-order valence-corrected chi connectivity index (χ3v) is 2.13. The molecule has 0 aromatic carbocycles. The first-order valence-electron chi connectivity index (χ1n) is 3.63. The Morgan fingerprint density at radius 2 is 1.90 bits per heavy atom. The molecule has 0 bridgehead atoms. The minimum absolute atomic E-state index is 0.305. The van der Waals surface area contributed by atoms with Gasteiger partial charge in [-0.05, 0) is 27.8 Å². The van der Waals surface area contributed by atoms with Crippen LogP contribution in [0.2, 0.25) is 0 Å². The molecule has 3 heteroatoms. The zero-order valence-corrected chi connectivity index (χ0v) is 8.38. The van der Waals surface area contributed by atoms with Gasteiger partial charge in [-0.3, -0.25) is 0 Å². The van der Waals surface area contributed by atoms with E-state index < -0.39 is 0 Å². The molecule has 0 radical (unpaired) electrons. The van der Waals surface area contributed by atoms with Gasteiger partial charge in [0.1, 0.15) is 0 Å². The molecule has 0 unspecified atom stereocenters. The number of hydrazine groups is 1. The van der Waals surface area contributed by atoms with Crippen molar-refractivity contribution in [3.63, 3.8) is 0 Å². The maximum absolute atomic E-state index is 3.10. The van der Waals surface area contributed by atoms with Gasteiger partial charge in [-0.1, -0.05) is 18.9 Å². The van der Waals surface area contributed by atoms with E-state index in [1.165, 1.54) is 0 Å². The molecule has 0 heterocycles. The van der Waals surface area contributed by atoms with Crippen LogP contribution in [0.4, 0.5) is 0 Å². The summed E-state index contributed by atoms with van der Waals surface area (Å²) in [7, 11) is 1.95. The number of rotatable bonds is 3. The summed E-state index contributed by atoms with van der Waals surface area (Å²) < 4.78 is 2.43. The SMILES string of the molecule is CCN(NC)SC(C)(C)C. The molecule has 0 aliphatic carbocycles. The molecule has 0 aromatic rings. The Kier molecular flexibility index (Phi) is 4.32. The van der Waals surface area contributed by atoms with E-state index in [0.29, 0.717) is 4.75 Å². The number of hydrogen-bond donors (Lipinski definition) is 1. The van der Waals surface area contributed by atoms with Crippen LogP contribution < -0.4 is 5.43 Å². The minimum atomic E-state index is 0.305. The van der Waals surface area contributed by atoms with Crippen molar-refractivity contribution in [2.45, 2.75) is 32.4 Å². The fraction of sp³-hybridized carbons (Fsp3) is 1.00. The first-order chi connectivity index (χ1) is 4.49. The third kappa shape index (κ3) is 5.09. The van der Waals surface area contributed by atoms with Gasteiger partial charge in [0.05, 0.1) is 0 Å². The van der Waals surface area contributed by atoms with E-state index in [2.05, 4.69) is 37.5 Å². The molecule has 0 saturated heterocycles. The Labute approximate surface area is 68.5 Å². The second kappa shape index (κ2) is 4.21. The third-order valence-electron chi connectivity index (χ3n) is 0.921. The van der Waals surface area contributed by atoms with E-state index in [4.69, 9.17) is 0 Å². The van der Waals surface area contributed by atoms with Crippen molar-refractivity contribution in [1.82, 2.24) is 9.84 Å². The topological polar surface area (TPSA) is 15.3 Å². The van der Waals surface area contributed by atoms with Gasteiger partial charge in [-0.25, -0.2) is 5.43 Å². The van der Waals surface area contributed by atoms with Crippen LogP contribution in [0.5, 0.6) is 0 Å². The number of nitrogens with one attached hydrogen (secondary N) is 1. The normalized spacial score (nSPS) is 12.6. The van der Waals surface area contributed by atoms with Gasteiger partial charge >= 0.3 is 0 Å². The van der Waals surface area contributed by atoms with Crippen molar-refractivity contribution in [3.8, 4) is 0 Å². The minimum Gasteiger partial charge on any atom is -0.248 e.